The number of hydrogen-bond donors (Lipinski definition) is 1. The van der Waals surface area contributed by atoms with Crippen molar-refractivity contribution in [2.45, 2.75) is 12.8 Å². The van der Waals surface area contributed by atoms with Crippen LogP contribution in [0.3, 0.4) is 0 Å². The van der Waals surface area contributed by atoms with Gasteiger partial charge >= 0.3 is 0 Å². The lowest BCUT2D eigenvalue weighted by Crippen LogP contribution is -2.41. The van der Waals surface area contributed by atoms with Crippen molar-refractivity contribution in [3.05, 3.63) is 35.2 Å². The van der Waals surface area contributed by atoms with Crippen LogP contribution in [0.25, 0.3) is 11.3 Å². The molecule has 1 aromatic heterocycles. The number of carbonyl (C=O) groups is 2. The van der Waals surface area contributed by atoms with Crippen molar-refractivity contribution in [2.75, 3.05) is 13.1 Å². The number of carbonyl (C=O) groups excluding carboxylic acids is 2. The Hall–Kier alpha value is -2.28. The Labute approximate surface area is 132 Å². The summed E-state index contributed by atoms with van der Waals surface area (Å²) in [6, 6.07) is 9.54. The van der Waals surface area contributed by atoms with Crippen molar-refractivity contribution < 1.29 is 9.59 Å². The van der Waals surface area contributed by atoms with E-state index >= 15 is 0 Å². The predicted octanol–water partition coefficient (Wildman–Crippen LogP) is 1.54. The van der Waals surface area contributed by atoms with Crippen molar-refractivity contribution in [1.82, 2.24) is 14.5 Å². The zero-order valence-electron chi connectivity index (χ0n) is 11.9. The number of likely N-dealkylation sites (tertiary alicyclic amines) is 1. The van der Waals surface area contributed by atoms with Gasteiger partial charge in [-0.2, -0.15) is 0 Å². The maximum atomic E-state index is 12.7. The Kier molecular flexibility index (Phi) is 4.15. The van der Waals surface area contributed by atoms with Gasteiger partial charge in [-0.25, -0.2) is 0 Å². The molecule has 7 heteroatoms. The largest absolute Gasteiger partial charge is 0.369 e. The van der Waals surface area contributed by atoms with E-state index in [4.69, 9.17) is 5.73 Å². The second kappa shape index (κ2) is 6.23. The second-order valence-electron chi connectivity index (χ2n) is 5.29. The number of benzene rings is 1. The molecule has 2 aromatic rings. The molecule has 0 aliphatic carbocycles. The molecule has 0 atom stereocenters. The van der Waals surface area contributed by atoms with E-state index in [1.54, 1.807) is 4.90 Å². The standard InChI is InChI=1S/C15H16N4O2S/c16-14(20)11-6-8-19(9-7-11)15(21)13-12(17-18-22-13)10-4-2-1-3-5-10/h1-5,11H,6-9H2,(H2,16,20). The van der Waals surface area contributed by atoms with Gasteiger partial charge in [0.15, 0.2) is 0 Å². The van der Waals surface area contributed by atoms with Crippen LogP contribution in [-0.4, -0.2) is 39.4 Å². The monoisotopic (exact) mass is 316 g/mol. The highest BCUT2D eigenvalue weighted by atomic mass is 32.1. The molecule has 1 fully saturated rings. The van der Waals surface area contributed by atoms with Crippen LogP contribution in [0.2, 0.25) is 0 Å². The molecule has 2 amide bonds. The Bertz CT molecular complexity index is 678. The van der Waals surface area contributed by atoms with Crippen LogP contribution in [0.5, 0.6) is 0 Å². The van der Waals surface area contributed by atoms with Crippen molar-refractivity contribution in [2.24, 2.45) is 11.7 Å². The number of nitrogens with two attached hydrogens (primary N) is 1. The summed E-state index contributed by atoms with van der Waals surface area (Å²) in [5.74, 6) is -0.481. The third-order valence-electron chi connectivity index (χ3n) is 3.91. The maximum Gasteiger partial charge on any atom is 0.267 e. The van der Waals surface area contributed by atoms with E-state index < -0.39 is 0 Å². The number of rotatable bonds is 3. The number of nitrogens with zero attached hydrogens (tertiary/aromatic N) is 3. The number of primary amides is 1. The van der Waals surface area contributed by atoms with Crippen LogP contribution in [0.1, 0.15) is 22.5 Å². The van der Waals surface area contributed by atoms with E-state index in [0.29, 0.717) is 36.5 Å². The topological polar surface area (TPSA) is 89.2 Å². The molecular formula is C15H16N4O2S. The zero-order chi connectivity index (χ0) is 15.5. The molecular weight excluding hydrogens is 300 g/mol. The average molecular weight is 316 g/mol. The van der Waals surface area contributed by atoms with Crippen LogP contribution in [0.15, 0.2) is 30.3 Å². The van der Waals surface area contributed by atoms with E-state index in [1.165, 1.54) is 0 Å². The first-order chi connectivity index (χ1) is 10.7. The molecule has 0 bridgehead atoms. The number of piperidine rings is 1. The lowest BCUT2D eigenvalue weighted by molar-refractivity contribution is -0.123. The van der Waals surface area contributed by atoms with Crippen LogP contribution in [0.4, 0.5) is 0 Å². The van der Waals surface area contributed by atoms with Gasteiger partial charge in [-0.05, 0) is 24.4 Å². The first kappa shape index (κ1) is 14.6. The highest BCUT2D eigenvalue weighted by Gasteiger charge is 2.29. The van der Waals surface area contributed by atoms with Gasteiger partial charge in [-0.15, -0.1) is 5.10 Å². The summed E-state index contributed by atoms with van der Waals surface area (Å²) >= 11 is 1.11. The summed E-state index contributed by atoms with van der Waals surface area (Å²) < 4.78 is 3.93. The van der Waals surface area contributed by atoms with Crippen molar-refractivity contribution >= 4 is 23.3 Å². The Balaban J connectivity index is 1.77. The fourth-order valence-corrected chi connectivity index (χ4v) is 3.28. The highest BCUT2D eigenvalue weighted by Crippen LogP contribution is 2.26. The summed E-state index contributed by atoms with van der Waals surface area (Å²) in [6.07, 6.45) is 1.24. The summed E-state index contributed by atoms with van der Waals surface area (Å²) in [6.45, 7) is 1.08. The summed E-state index contributed by atoms with van der Waals surface area (Å²) in [4.78, 5) is 26.2. The van der Waals surface area contributed by atoms with Gasteiger partial charge in [0.2, 0.25) is 5.91 Å². The fourth-order valence-electron chi connectivity index (χ4n) is 2.63. The quantitative estimate of drug-likeness (QED) is 0.930. The minimum Gasteiger partial charge on any atom is -0.369 e. The molecule has 1 aliphatic heterocycles. The van der Waals surface area contributed by atoms with Gasteiger partial charge in [0.25, 0.3) is 5.91 Å². The molecule has 0 saturated carbocycles. The normalized spacial score (nSPS) is 15.7. The molecule has 6 nitrogen and oxygen atoms in total. The second-order valence-corrected chi connectivity index (χ2v) is 6.04. The van der Waals surface area contributed by atoms with Crippen LogP contribution < -0.4 is 5.73 Å². The first-order valence-corrected chi connectivity index (χ1v) is 7.90. The minimum atomic E-state index is -0.281. The molecule has 0 spiro atoms. The van der Waals surface area contributed by atoms with Gasteiger partial charge in [0, 0.05) is 24.6 Å². The lowest BCUT2D eigenvalue weighted by atomic mass is 9.96. The lowest BCUT2D eigenvalue weighted by Gasteiger charge is -2.30. The molecule has 114 valence electrons. The smallest absolute Gasteiger partial charge is 0.267 e. The predicted molar refractivity (Wildman–Crippen MR) is 83.2 cm³/mol. The van der Waals surface area contributed by atoms with E-state index in [-0.39, 0.29) is 17.7 Å². The van der Waals surface area contributed by atoms with Gasteiger partial charge in [-0.1, -0.05) is 34.8 Å². The maximum absolute atomic E-state index is 12.7. The Morgan fingerprint density at radius 2 is 1.86 bits per heavy atom. The van der Waals surface area contributed by atoms with Crippen LogP contribution in [0, 0.1) is 5.92 Å². The van der Waals surface area contributed by atoms with Gasteiger partial charge in [0.1, 0.15) is 10.6 Å². The summed E-state index contributed by atoms with van der Waals surface area (Å²) in [7, 11) is 0. The third-order valence-corrected chi connectivity index (χ3v) is 4.63. The summed E-state index contributed by atoms with van der Waals surface area (Å²) in [5, 5.41) is 4.09. The van der Waals surface area contributed by atoms with Crippen molar-refractivity contribution in [3.63, 3.8) is 0 Å². The van der Waals surface area contributed by atoms with Crippen molar-refractivity contribution in [1.29, 1.82) is 0 Å². The fraction of sp³-hybridized carbons (Fsp3) is 0.333. The molecule has 2 heterocycles. The van der Waals surface area contributed by atoms with E-state index in [0.717, 1.165) is 17.1 Å². The number of hydrogen-bond acceptors (Lipinski definition) is 5. The zero-order valence-corrected chi connectivity index (χ0v) is 12.8. The Morgan fingerprint density at radius 1 is 1.18 bits per heavy atom. The Morgan fingerprint density at radius 3 is 2.50 bits per heavy atom. The van der Waals surface area contributed by atoms with Gasteiger partial charge in [0.05, 0.1) is 0 Å². The molecule has 3 rings (SSSR count). The average Bonchev–Trinajstić information content (AvgIpc) is 3.04. The van der Waals surface area contributed by atoms with Gasteiger partial charge < -0.3 is 10.6 Å². The van der Waals surface area contributed by atoms with E-state index in [9.17, 15) is 9.59 Å². The van der Waals surface area contributed by atoms with Crippen LogP contribution in [-0.2, 0) is 4.79 Å². The van der Waals surface area contributed by atoms with E-state index in [1.807, 2.05) is 30.3 Å². The highest BCUT2D eigenvalue weighted by molar-refractivity contribution is 7.08. The molecule has 22 heavy (non-hydrogen) atoms. The molecule has 1 aliphatic rings. The number of aromatic nitrogens is 2. The van der Waals surface area contributed by atoms with Crippen molar-refractivity contribution in [3.8, 4) is 11.3 Å². The molecule has 1 aromatic carbocycles. The minimum absolute atomic E-state index is 0.0724. The third kappa shape index (κ3) is 2.85. The van der Waals surface area contributed by atoms with E-state index in [2.05, 4.69) is 9.59 Å². The number of amides is 2. The summed E-state index contributed by atoms with van der Waals surface area (Å²) in [5.41, 5.74) is 6.82. The van der Waals surface area contributed by atoms with Crippen LogP contribution >= 0.6 is 11.5 Å². The SMILES string of the molecule is NC(=O)C1CCN(C(=O)c2snnc2-c2ccccc2)CC1. The first-order valence-electron chi connectivity index (χ1n) is 7.13. The molecule has 0 unspecified atom stereocenters. The van der Waals surface area contributed by atoms with Gasteiger partial charge in [-0.3, -0.25) is 9.59 Å². The molecule has 0 radical (unpaired) electrons. The molecule has 2 N–H and O–H groups in total. The molecule has 1 saturated heterocycles.